The molecular formula is C25H22N2O6S. The van der Waals surface area contributed by atoms with Gasteiger partial charge in [-0.15, -0.1) is 0 Å². The second-order valence-corrected chi connectivity index (χ2v) is 9.29. The zero-order chi connectivity index (χ0) is 24.3. The molecule has 1 aromatic heterocycles. The van der Waals surface area contributed by atoms with Crippen LogP contribution >= 0.6 is 0 Å². The van der Waals surface area contributed by atoms with Crippen LogP contribution in [0, 0.1) is 13.8 Å². The molecule has 0 amide bonds. The van der Waals surface area contributed by atoms with Gasteiger partial charge in [-0.3, -0.25) is 4.72 Å². The van der Waals surface area contributed by atoms with Crippen molar-refractivity contribution < 1.29 is 27.5 Å². The number of aryl methyl sites for hydroxylation is 2. The Morgan fingerprint density at radius 2 is 1.74 bits per heavy atom. The van der Waals surface area contributed by atoms with E-state index in [0.29, 0.717) is 23.1 Å². The predicted molar refractivity (Wildman–Crippen MR) is 126 cm³/mol. The van der Waals surface area contributed by atoms with Crippen molar-refractivity contribution in [3.8, 4) is 17.2 Å². The molecule has 3 aromatic carbocycles. The minimum atomic E-state index is -4.00. The highest BCUT2D eigenvalue weighted by Gasteiger charge is 2.19. The fourth-order valence-electron chi connectivity index (χ4n) is 3.27. The molecule has 0 bridgehead atoms. The molecule has 0 saturated carbocycles. The van der Waals surface area contributed by atoms with Crippen LogP contribution in [0.15, 0.2) is 82.1 Å². The van der Waals surface area contributed by atoms with E-state index in [-0.39, 0.29) is 22.8 Å². The molecule has 0 aliphatic carbocycles. The first-order valence-electron chi connectivity index (χ1n) is 10.3. The van der Waals surface area contributed by atoms with Crippen LogP contribution in [0.2, 0.25) is 0 Å². The van der Waals surface area contributed by atoms with E-state index in [9.17, 15) is 18.3 Å². The summed E-state index contributed by atoms with van der Waals surface area (Å²) in [5.41, 5.74) is 2.09. The van der Waals surface area contributed by atoms with Crippen LogP contribution in [0.1, 0.15) is 27.4 Å². The van der Waals surface area contributed by atoms with Gasteiger partial charge in [0.2, 0.25) is 5.89 Å². The molecule has 0 atom stereocenters. The van der Waals surface area contributed by atoms with Gasteiger partial charge in [0.15, 0.2) is 0 Å². The quantitative estimate of drug-likeness (QED) is 0.364. The van der Waals surface area contributed by atoms with E-state index in [1.807, 2.05) is 30.3 Å². The summed E-state index contributed by atoms with van der Waals surface area (Å²) < 4.78 is 39.4. The second kappa shape index (κ2) is 9.40. The molecule has 0 unspecified atom stereocenters. The van der Waals surface area contributed by atoms with Gasteiger partial charge in [-0.05, 0) is 67.9 Å². The maximum atomic E-state index is 12.8. The molecule has 8 nitrogen and oxygen atoms in total. The lowest BCUT2D eigenvalue weighted by Crippen LogP contribution is -2.15. The highest BCUT2D eigenvalue weighted by atomic mass is 32.2. The van der Waals surface area contributed by atoms with Gasteiger partial charge in [0.05, 0.1) is 16.1 Å². The van der Waals surface area contributed by atoms with Crippen molar-refractivity contribution in [1.29, 1.82) is 0 Å². The van der Waals surface area contributed by atoms with Crippen LogP contribution in [-0.4, -0.2) is 24.5 Å². The Labute approximate surface area is 196 Å². The minimum absolute atomic E-state index is 0.00329. The minimum Gasteiger partial charge on any atom is -0.487 e. The third-order valence-corrected chi connectivity index (χ3v) is 6.45. The van der Waals surface area contributed by atoms with Crippen LogP contribution in [-0.2, 0) is 16.6 Å². The number of rotatable bonds is 8. The molecule has 34 heavy (non-hydrogen) atoms. The first-order chi connectivity index (χ1) is 16.2. The summed E-state index contributed by atoms with van der Waals surface area (Å²) in [6, 6.07) is 19.8. The van der Waals surface area contributed by atoms with Crippen molar-refractivity contribution in [3.63, 3.8) is 0 Å². The Bertz CT molecular complexity index is 1430. The van der Waals surface area contributed by atoms with Crippen molar-refractivity contribution in [3.05, 3.63) is 95.4 Å². The molecule has 2 N–H and O–H groups in total. The molecule has 1 heterocycles. The van der Waals surface area contributed by atoms with E-state index in [0.717, 1.165) is 11.1 Å². The first-order valence-corrected chi connectivity index (χ1v) is 11.8. The number of aromatic nitrogens is 1. The number of sulfonamides is 1. The molecule has 4 aromatic rings. The van der Waals surface area contributed by atoms with Gasteiger partial charge in [0.1, 0.15) is 23.8 Å². The largest absolute Gasteiger partial charge is 0.487 e. The summed E-state index contributed by atoms with van der Waals surface area (Å²) in [7, 11) is -4.00. The topological polar surface area (TPSA) is 119 Å². The maximum absolute atomic E-state index is 12.8. The molecule has 0 fully saturated rings. The Morgan fingerprint density at radius 3 is 2.41 bits per heavy atom. The van der Waals surface area contributed by atoms with Crippen molar-refractivity contribution in [2.75, 3.05) is 4.72 Å². The fourth-order valence-corrected chi connectivity index (χ4v) is 4.34. The lowest BCUT2D eigenvalue weighted by Gasteiger charge is -2.12. The third kappa shape index (κ3) is 5.10. The van der Waals surface area contributed by atoms with Gasteiger partial charge in [-0.1, -0.05) is 24.3 Å². The predicted octanol–water partition coefficient (Wildman–Crippen LogP) is 5.04. The van der Waals surface area contributed by atoms with Gasteiger partial charge in [-0.2, -0.15) is 0 Å². The van der Waals surface area contributed by atoms with Gasteiger partial charge >= 0.3 is 5.97 Å². The summed E-state index contributed by atoms with van der Waals surface area (Å²) in [5.74, 6) is 0.361. The van der Waals surface area contributed by atoms with Crippen LogP contribution in [0.5, 0.6) is 5.75 Å². The number of nitrogens with one attached hydrogen (secondary N) is 1. The summed E-state index contributed by atoms with van der Waals surface area (Å²) >= 11 is 0. The zero-order valence-corrected chi connectivity index (χ0v) is 19.3. The third-order valence-electron chi connectivity index (χ3n) is 5.07. The molecule has 0 spiro atoms. The number of carboxylic acids is 1. The lowest BCUT2D eigenvalue weighted by atomic mass is 10.1. The monoisotopic (exact) mass is 478 g/mol. The normalized spacial score (nSPS) is 11.2. The molecule has 0 aliphatic heterocycles. The summed E-state index contributed by atoms with van der Waals surface area (Å²) in [6.45, 7) is 3.70. The number of oxazole rings is 1. The zero-order valence-electron chi connectivity index (χ0n) is 18.5. The number of anilines is 1. The fraction of sp³-hybridized carbons (Fsp3) is 0.120. The highest BCUT2D eigenvalue weighted by molar-refractivity contribution is 7.92. The maximum Gasteiger partial charge on any atom is 0.337 e. The standard InChI is InChI=1S/C25H22N2O6S/c1-16-8-13-21(25(28)29)22(14-16)27-34(30,31)20-11-9-19(10-12-20)32-15-23-17(2)33-24(26-23)18-6-4-3-5-7-18/h3-14,27H,15H2,1-2H3,(H,28,29). The summed E-state index contributed by atoms with van der Waals surface area (Å²) in [6.07, 6.45) is 0. The van der Waals surface area contributed by atoms with Crippen molar-refractivity contribution >= 4 is 21.7 Å². The molecule has 0 aliphatic rings. The van der Waals surface area contributed by atoms with E-state index in [4.69, 9.17) is 9.15 Å². The Kier molecular flexibility index (Phi) is 6.38. The smallest absolute Gasteiger partial charge is 0.337 e. The van der Waals surface area contributed by atoms with E-state index < -0.39 is 16.0 Å². The number of hydrogen-bond donors (Lipinski definition) is 2. The van der Waals surface area contributed by atoms with Gasteiger partial charge in [0.25, 0.3) is 10.0 Å². The van der Waals surface area contributed by atoms with Gasteiger partial charge in [-0.25, -0.2) is 18.2 Å². The van der Waals surface area contributed by atoms with E-state index in [1.54, 1.807) is 19.9 Å². The Hall–Kier alpha value is -4.11. The van der Waals surface area contributed by atoms with Crippen LogP contribution in [0.3, 0.4) is 0 Å². The molecule has 174 valence electrons. The van der Waals surface area contributed by atoms with Crippen LogP contribution < -0.4 is 9.46 Å². The number of hydrogen-bond acceptors (Lipinski definition) is 6. The molecule has 4 rings (SSSR count). The van der Waals surface area contributed by atoms with Crippen LogP contribution in [0.25, 0.3) is 11.5 Å². The van der Waals surface area contributed by atoms with E-state index >= 15 is 0 Å². The number of carboxylic acid groups (broad SMARTS) is 1. The van der Waals surface area contributed by atoms with E-state index in [1.165, 1.54) is 36.4 Å². The second-order valence-electron chi connectivity index (χ2n) is 7.61. The number of carbonyl (C=O) groups is 1. The van der Waals surface area contributed by atoms with Crippen LogP contribution in [0.4, 0.5) is 5.69 Å². The number of aromatic carboxylic acids is 1. The van der Waals surface area contributed by atoms with Crippen molar-refractivity contribution in [2.45, 2.75) is 25.3 Å². The van der Waals surface area contributed by atoms with Crippen molar-refractivity contribution in [2.24, 2.45) is 0 Å². The molecule has 0 radical (unpaired) electrons. The van der Waals surface area contributed by atoms with Gasteiger partial charge in [0, 0.05) is 5.56 Å². The van der Waals surface area contributed by atoms with Crippen molar-refractivity contribution in [1.82, 2.24) is 4.98 Å². The summed E-state index contributed by atoms with van der Waals surface area (Å²) in [5, 5.41) is 9.34. The summed E-state index contributed by atoms with van der Waals surface area (Å²) in [4.78, 5) is 15.9. The Balaban J connectivity index is 1.46. The lowest BCUT2D eigenvalue weighted by molar-refractivity contribution is 0.0698. The van der Waals surface area contributed by atoms with E-state index in [2.05, 4.69) is 9.71 Å². The SMILES string of the molecule is Cc1ccc(C(=O)O)c(NS(=O)(=O)c2ccc(OCc3nc(-c4ccccc4)oc3C)cc2)c1. The average molecular weight is 479 g/mol. The number of benzene rings is 3. The molecule has 0 saturated heterocycles. The number of ether oxygens (including phenoxy) is 1. The highest BCUT2D eigenvalue weighted by Crippen LogP contribution is 2.25. The molecule has 9 heteroatoms. The number of nitrogens with zero attached hydrogens (tertiary/aromatic N) is 1. The Morgan fingerprint density at radius 1 is 1.03 bits per heavy atom. The molecular weight excluding hydrogens is 456 g/mol. The average Bonchev–Trinajstić information content (AvgIpc) is 3.18. The first kappa shape index (κ1) is 23.1. The van der Waals surface area contributed by atoms with Gasteiger partial charge < -0.3 is 14.3 Å².